The molecule has 1 aromatic rings. The Morgan fingerprint density at radius 2 is 2.43 bits per heavy atom. The highest BCUT2D eigenvalue weighted by atomic mass is 16.5. The third-order valence-electron chi connectivity index (χ3n) is 2.59. The molecule has 1 aliphatic heterocycles. The Balaban J connectivity index is 1.90. The van der Waals surface area contributed by atoms with Crippen molar-refractivity contribution < 1.29 is 4.74 Å². The summed E-state index contributed by atoms with van der Waals surface area (Å²) >= 11 is 0. The first kappa shape index (κ1) is 9.68. The summed E-state index contributed by atoms with van der Waals surface area (Å²) < 4.78 is 7.64. The van der Waals surface area contributed by atoms with Crippen LogP contribution in [0.1, 0.15) is 18.2 Å². The smallest absolute Gasteiger partial charge is 0.0828 e. The van der Waals surface area contributed by atoms with Crippen LogP contribution in [0.5, 0.6) is 0 Å². The zero-order chi connectivity index (χ0) is 9.97. The van der Waals surface area contributed by atoms with E-state index in [2.05, 4.69) is 23.5 Å². The molecule has 0 amide bonds. The summed E-state index contributed by atoms with van der Waals surface area (Å²) in [5.74, 6) is 0. The van der Waals surface area contributed by atoms with Crippen molar-refractivity contribution in [2.24, 2.45) is 0 Å². The zero-order valence-corrected chi connectivity index (χ0v) is 8.79. The van der Waals surface area contributed by atoms with Gasteiger partial charge in [-0.2, -0.15) is 5.10 Å². The fraction of sp³-hybridized carbons (Fsp3) is 0.700. The summed E-state index contributed by atoms with van der Waals surface area (Å²) in [5.41, 5.74) is 2.29. The number of aromatic nitrogens is 2. The molecular formula is C10H17N3O. The van der Waals surface area contributed by atoms with Gasteiger partial charge in [0.15, 0.2) is 0 Å². The lowest BCUT2D eigenvalue weighted by Crippen LogP contribution is -2.48. The first-order valence-electron chi connectivity index (χ1n) is 5.15. The van der Waals surface area contributed by atoms with Gasteiger partial charge in [0.05, 0.1) is 18.4 Å². The van der Waals surface area contributed by atoms with E-state index in [1.165, 1.54) is 5.56 Å². The van der Waals surface area contributed by atoms with Gasteiger partial charge in [-0.3, -0.25) is 4.68 Å². The summed E-state index contributed by atoms with van der Waals surface area (Å²) in [6.07, 6.45) is 2.47. The summed E-state index contributed by atoms with van der Waals surface area (Å²) in [4.78, 5) is 0. The standard InChI is InChI=1S/C10H17N3O/c1-3-13-6-9(8(2)12-13)7-14-10-4-11-5-10/h6,10-11H,3-5,7H2,1-2H3. The minimum absolute atomic E-state index is 0.402. The van der Waals surface area contributed by atoms with E-state index in [1.807, 2.05) is 11.6 Å². The summed E-state index contributed by atoms with van der Waals surface area (Å²) in [6, 6.07) is 0. The molecule has 2 heterocycles. The molecule has 0 radical (unpaired) electrons. The average molecular weight is 195 g/mol. The summed E-state index contributed by atoms with van der Waals surface area (Å²) in [6.45, 7) is 7.71. The van der Waals surface area contributed by atoms with E-state index >= 15 is 0 Å². The van der Waals surface area contributed by atoms with Crippen molar-refractivity contribution in [3.05, 3.63) is 17.5 Å². The van der Waals surface area contributed by atoms with E-state index < -0.39 is 0 Å². The lowest BCUT2D eigenvalue weighted by Gasteiger charge is -2.26. The Morgan fingerprint density at radius 1 is 1.64 bits per heavy atom. The molecule has 1 saturated heterocycles. The topological polar surface area (TPSA) is 39.1 Å². The molecule has 0 atom stereocenters. The van der Waals surface area contributed by atoms with Crippen molar-refractivity contribution in [2.75, 3.05) is 13.1 Å². The maximum Gasteiger partial charge on any atom is 0.0828 e. The monoisotopic (exact) mass is 195 g/mol. The van der Waals surface area contributed by atoms with Gasteiger partial charge < -0.3 is 10.1 Å². The minimum atomic E-state index is 0.402. The molecule has 1 aromatic heterocycles. The Morgan fingerprint density at radius 3 is 2.93 bits per heavy atom. The van der Waals surface area contributed by atoms with Crippen LogP contribution in [0.2, 0.25) is 0 Å². The quantitative estimate of drug-likeness (QED) is 0.768. The van der Waals surface area contributed by atoms with Crippen molar-refractivity contribution in [1.82, 2.24) is 15.1 Å². The van der Waals surface area contributed by atoms with Crippen LogP contribution >= 0.6 is 0 Å². The van der Waals surface area contributed by atoms with Gasteiger partial charge >= 0.3 is 0 Å². The Labute approximate surface area is 84.3 Å². The molecule has 1 N–H and O–H groups in total. The van der Waals surface area contributed by atoms with Gasteiger partial charge in [-0.15, -0.1) is 0 Å². The number of hydrogen-bond donors (Lipinski definition) is 1. The Kier molecular flexibility index (Phi) is 2.84. The maximum absolute atomic E-state index is 5.69. The van der Waals surface area contributed by atoms with Crippen molar-refractivity contribution in [2.45, 2.75) is 33.1 Å². The lowest BCUT2D eigenvalue weighted by molar-refractivity contribution is 0.00735. The van der Waals surface area contributed by atoms with E-state index in [9.17, 15) is 0 Å². The van der Waals surface area contributed by atoms with Crippen molar-refractivity contribution >= 4 is 0 Å². The van der Waals surface area contributed by atoms with Gasteiger partial charge in [-0.25, -0.2) is 0 Å². The minimum Gasteiger partial charge on any atom is -0.371 e. The van der Waals surface area contributed by atoms with E-state index in [0.29, 0.717) is 12.7 Å². The van der Waals surface area contributed by atoms with Gasteiger partial charge in [0.1, 0.15) is 0 Å². The van der Waals surface area contributed by atoms with Crippen LogP contribution in [-0.4, -0.2) is 29.0 Å². The number of rotatable bonds is 4. The number of nitrogens with zero attached hydrogens (tertiary/aromatic N) is 2. The lowest BCUT2D eigenvalue weighted by atomic mass is 10.2. The highest BCUT2D eigenvalue weighted by molar-refractivity contribution is 5.14. The number of ether oxygens (including phenoxy) is 1. The Bertz CT molecular complexity index is 304. The molecular weight excluding hydrogens is 178 g/mol. The average Bonchev–Trinajstić information content (AvgIpc) is 2.45. The molecule has 4 heteroatoms. The van der Waals surface area contributed by atoms with Crippen molar-refractivity contribution in [3.63, 3.8) is 0 Å². The zero-order valence-electron chi connectivity index (χ0n) is 8.79. The molecule has 14 heavy (non-hydrogen) atoms. The number of aryl methyl sites for hydroxylation is 2. The second-order valence-electron chi connectivity index (χ2n) is 3.69. The molecule has 78 valence electrons. The van der Waals surface area contributed by atoms with Crippen molar-refractivity contribution in [3.8, 4) is 0 Å². The maximum atomic E-state index is 5.69. The van der Waals surface area contributed by atoms with E-state index in [0.717, 1.165) is 25.3 Å². The molecule has 0 saturated carbocycles. The largest absolute Gasteiger partial charge is 0.371 e. The molecule has 0 bridgehead atoms. The molecule has 0 unspecified atom stereocenters. The second-order valence-corrected chi connectivity index (χ2v) is 3.69. The molecule has 2 rings (SSSR count). The Hall–Kier alpha value is -0.870. The molecule has 0 spiro atoms. The highest BCUT2D eigenvalue weighted by Gasteiger charge is 2.17. The van der Waals surface area contributed by atoms with Gasteiger partial charge in [-0.1, -0.05) is 0 Å². The van der Waals surface area contributed by atoms with Gasteiger partial charge in [0, 0.05) is 31.4 Å². The molecule has 0 aromatic carbocycles. The molecule has 4 nitrogen and oxygen atoms in total. The summed E-state index contributed by atoms with van der Waals surface area (Å²) in [7, 11) is 0. The molecule has 1 aliphatic rings. The SMILES string of the molecule is CCn1cc(COC2CNC2)c(C)n1. The van der Waals surface area contributed by atoms with Gasteiger partial charge in [0.2, 0.25) is 0 Å². The number of hydrogen-bond acceptors (Lipinski definition) is 3. The van der Waals surface area contributed by atoms with Gasteiger partial charge in [0.25, 0.3) is 0 Å². The predicted octanol–water partition coefficient (Wildman–Crippen LogP) is 0.700. The first-order chi connectivity index (χ1) is 6.79. The predicted molar refractivity (Wildman–Crippen MR) is 54.1 cm³/mol. The van der Waals surface area contributed by atoms with Crippen LogP contribution in [0, 0.1) is 6.92 Å². The highest BCUT2D eigenvalue weighted by Crippen LogP contribution is 2.10. The third-order valence-corrected chi connectivity index (χ3v) is 2.59. The van der Waals surface area contributed by atoms with E-state index in [-0.39, 0.29) is 0 Å². The fourth-order valence-corrected chi connectivity index (χ4v) is 1.45. The normalized spacial score (nSPS) is 17.0. The van der Waals surface area contributed by atoms with Crippen LogP contribution in [0.15, 0.2) is 6.20 Å². The second kappa shape index (κ2) is 4.11. The van der Waals surface area contributed by atoms with Crippen LogP contribution in [0.3, 0.4) is 0 Å². The van der Waals surface area contributed by atoms with Crippen molar-refractivity contribution in [1.29, 1.82) is 0 Å². The van der Waals surface area contributed by atoms with E-state index in [4.69, 9.17) is 4.74 Å². The van der Waals surface area contributed by atoms with Crippen LogP contribution in [0.25, 0.3) is 0 Å². The molecule has 1 fully saturated rings. The fourth-order valence-electron chi connectivity index (χ4n) is 1.45. The molecule has 0 aliphatic carbocycles. The number of nitrogens with one attached hydrogen (secondary N) is 1. The van der Waals surface area contributed by atoms with Crippen LogP contribution < -0.4 is 5.32 Å². The van der Waals surface area contributed by atoms with Gasteiger partial charge in [-0.05, 0) is 13.8 Å². The third kappa shape index (κ3) is 1.96. The van der Waals surface area contributed by atoms with E-state index in [1.54, 1.807) is 0 Å². The first-order valence-corrected chi connectivity index (χ1v) is 5.15. The summed E-state index contributed by atoms with van der Waals surface area (Å²) in [5, 5.41) is 7.55. The van der Waals surface area contributed by atoms with Crippen LogP contribution in [-0.2, 0) is 17.9 Å². The van der Waals surface area contributed by atoms with Crippen LogP contribution in [0.4, 0.5) is 0 Å².